The maximum absolute atomic E-state index is 5.53. The molecule has 5 heteroatoms. The third kappa shape index (κ3) is 3.47. The van der Waals surface area contributed by atoms with Gasteiger partial charge in [0, 0.05) is 10.5 Å². The molecule has 0 saturated carbocycles. The van der Waals surface area contributed by atoms with E-state index >= 15 is 0 Å². The van der Waals surface area contributed by atoms with E-state index in [1.165, 1.54) is 5.56 Å². The van der Waals surface area contributed by atoms with Crippen molar-refractivity contribution in [1.29, 1.82) is 0 Å². The molecule has 96 valence electrons. The van der Waals surface area contributed by atoms with Crippen LogP contribution >= 0.6 is 47.8 Å². The largest absolute Gasteiger partial charge is 0.452 e. The van der Waals surface area contributed by atoms with Crippen LogP contribution in [0, 0.1) is 0 Å². The van der Waals surface area contributed by atoms with Crippen molar-refractivity contribution in [3.05, 3.63) is 55.3 Å². The molecule has 0 fully saturated rings. The van der Waals surface area contributed by atoms with Crippen molar-refractivity contribution in [2.75, 3.05) is 0 Å². The maximum Gasteiger partial charge on any atom is 0.183 e. The summed E-state index contributed by atoms with van der Waals surface area (Å²) in [5.74, 6) is 0.896. The van der Waals surface area contributed by atoms with Crippen molar-refractivity contribution >= 4 is 47.8 Å². The number of hydrogen-bond acceptors (Lipinski definition) is 2. The highest BCUT2D eigenvalue weighted by molar-refractivity contribution is 9.13. The average molecular weight is 438 g/mol. The van der Waals surface area contributed by atoms with Gasteiger partial charge in [0.2, 0.25) is 0 Å². The molecule has 0 aliphatic heterocycles. The molecule has 0 spiro atoms. The Morgan fingerprint density at radius 2 is 1.89 bits per heavy atom. The Hall–Kier alpha value is -0.100. The average Bonchev–Trinajstić information content (AvgIpc) is 2.66. The molecule has 0 saturated heterocycles. The van der Waals surface area contributed by atoms with E-state index in [-0.39, 0.29) is 6.04 Å². The summed E-state index contributed by atoms with van der Waals surface area (Å²) in [4.78, 5) is 0. The van der Waals surface area contributed by atoms with Crippen LogP contribution in [0.1, 0.15) is 24.3 Å². The van der Waals surface area contributed by atoms with Crippen LogP contribution in [0.25, 0.3) is 0 Å². The lowest BCUT2D eigenvalue weighted by Crippen LogP contribution is -2.18. The van der Waals surface area contributed by atoms with E-state index in [2.05, 4.69) is 66.1 Å². The van der Waals surface area contributed by atoms with Gasteiger partial charge in [-0.25, -0.2) is 0 Å². The number of benzene rings is 1. The Labute approximate surface area is 132 Å². The van der Waals surface area contributed by atoms with Crippen molar-refractivity contribution in [1.82, 2.24) is 5.32 Å². The van der Waals surface area contributed by atoms with E-state index in [1.807, 2.05) is 24.3 Å². The van der Waals surface area contributed by atoms with Crippen LogP contribution in [0.4, 0.5) is 0 Å². The Bertz CT molecular complexity index is 519. The molecule has 1 atom stereocenters. The highest BCUT2D eigenvalue weighted by Gasteiger charge is 2.10. The Morgan fingerprint density at radius 3 is 2.50 bits per heavy atom. The Morgan fingerprint density at radius 1 is 1.17 bits per heavy atom. The fourth-order valence-electron chi connectivity index (χ4n) is 1.67. The van der Waals surface area contributed by atoms with Crippen molar-refractivity contribution < 1.29 is 4.42 Å². The first-order valence-corrected chi connectivity index (χ1v) is 7.87. The van der Waals surface area contributed by atoms with Crippen LogP contribution in [0.15, 0.2) is 48.4 Å². The summed E-state index contributed by atoms with van der Waals surface area (Å²) < 4.78 is 8.31. The van der Waals surface area contributed by atoms with E-state index in [4.69, 9.17) is 4.42 Å². The van der Waals surface area contributed by atoms with Gasteiger partial charge in [0.1, 0.15) is 5.76 Å². The van der Waals surface area contributed by atoms with Crippen molar-refractivity contribution in [3.63, 3.8) is 0 Å². The summed E-state index contributed by atoms with van der Waals surface area (Å²) in [6, 6.07) is 10.4. The predicted molar refractivity (Wildman–Crippen MR) is 83.5 cm³/mol. The van der Waals surface area contributed by atoms with Gasteiger partial charge in [-0.15, -0.1) is 0 Å². The number of furan rings is 1. The molecule has 0 aliphatic carbocycles. The molecule has 0 amide bonds. The normalized spacial score (nSPS) is 12.7. The third-order valence-electron chi connectivity index (χ3n) is 2.65. The summed E-state index contributed by atoms with van der Waals surface area (Å²) in [6.07, 6.45) is 0. The molecule has 2 aromatic rings. The summed E-state index contributed by atoms with van der Waals surface area (Å²) in [5.41, 5.74) is 1.24. The molecule has 0 radical (unpaired) electrons. The molecule has 1 aromatic carbocycles. The molecular formula is C13H12Br3NO. The first-order valence-electron chi connectivity index (χ1n) is 5.49. The zero-order chi connectivity index (χ0) is 13.1. The van der Waals surface area contributed by atoms with E-state index in [9.17, 15) is 0 Å². The lowest BCUT2D eigenvalue weighted by molar-refractivity contribution is 0.446. The topological polar surface area (TPSA) is 25.2 Å². The van der Waals surface area contributed by atoms with Crippen molar-refractivity contribution in [2.24, 2.45) is 0 Å². The van der Waals surface area contributed by atoms with Gasteiger partial charge in [-0.2, -0.15) is 0 Å². The van der Waals surface area contributed by atoms with Crippen LogP contribution in [0.5, 0.6) is 0 Å². The Kier molecular flexibility index (Phi) is 5.06. The molecule has 0 aliphatic rings. The van der Waals surface area contributed by atoms with Crippen LogP contribution < -0.4 is 5.32 Å². The lowest BCUT2D eigenvalue weighted by atomic mass is 10.1. The quantitative estimate of drug-likeness (QED) is 0.691. The molecule has 2 nitrogen and oxygen atoms in total. The van der Waals surface area contributed by atoms with E-state index in [0.717, 1.165) is 19.4 Å². The van der Waals surface area contributed by atoms with E-state index in [0.29, 0.717) is 6.54 Å². The van der Waals surface area contributed by atoms with Crippen molar-refractivity contribution in [2.45, 2.75) is 19.5 Å². The summed E-state index contributed by atoms with van der Waals surface area (Å²) in [6.45, 7) is 2.82. The van der Waals surface area contributed by atoms with Crippen LogP contribution in [0.2, 0.25) is 0 Å². The smallest absolute Gasteiger partial charge is 0.183 e. The lowest BCUT2D eigenvalue weighted by Gasteiger charge is -2.14. The van der Waals surface area contributed by atoms with Crippen molar-refractivity contribution in [3.8, 4) is 0 Å². The number of nitrogens with one attached hydrogen (secondary N) is 1. The molecule has 2 rings (SSSR count). The van der Waals surface area contributed by atoms with Gasteiger partial charge in [0.05, 0.1) is 11.0 Å². The molecule has 1 aromatic heterocycles. The third-order valence-corrected chi connectivity index (χ3v) is 5.08. The molecule has 1 unspecified atom stereocenters. The highest BCUT2D eigenvalue weighted by atomic mass is 79.9. The van der Waals surface area contributed by atoms with E-state index in [1.54, 1.807) is 0 Å². The maximum atomic E-state index is 5.53. The number of halogens is 3. The van der Waals surface area contributed by atoms with Gasteiger partial charge >= 0.3 is 0 Å². The zero-order valence-electron chi connectivity index (χ0n) is 9.71. The minimum absolute atomic E-state index is 0.253. The van der Waals surface area contributed by atoms with Crippen LogP contribution in [0.3, 0.4) is 0 Å². The summed E-state index contributed by atoms with van der Waals surface area (Å²) in [7, 11) is 0. The van der Waals surface area contributed by atoms with Gasteiger partial charge in [0.15, 0.2) is 4.67 Å². The standard InChI is InChI=1S/C13H12Br3NO/c1-8(10-4-2-3-5-11(10)14)17-7-9-6-12(15)13(16)18-9/h2-6,8,17H,7H2,1H3. The van der Waals surface area contributed by atoms with Gasteiger partial charge in [-0.05, 0) is 56.5 Å². The number of rotatable bonds is 4. The first kappa shape index (κ1) is 14.3. The zero-order valence-corrected chi connectivity index (χ0v) is 14.5. The van der Waals surface area contributed by atoms with Gasteiger partial charge in [-0.1, -0.05) is 34.1 Å². The molecule has 1 N–H and O–H groups in total. The second-order valence-corrected chi connectivity index (χ2v) is 6.39. The second kappa shape index (κ2) is 6.37. The van der Waals surface area contributed by atoms with Crippen LogP contribution in [-0.4, -0.2) is 0 Å². The highest BCUT2D eigenvalue weighted by Crippen LogP contribution is 2.27. The van der Waals surface area contributed by atoms with Gasteiger partial charge in [-0.3, -0.25) is 0 Å². The van der Waals surface area contributed by atoms with Gasteiger partial charge < -0.3 is 9.73 Å². The van der Waals surface area contributed by atoms with Crippen LogP contribution in [-0.2, 0) is 6.54 Å². The molecule has 1 heterocycles. The monoisotopic (exact) mass is 435 g/mol. The second-order valence-electron chi connectivity index (χ2n) is 3.96. The Balaban J connectivity index is 2.00. The number of hydrogen-bond donors (Lipinski definition) is 1. The molecule has 0 bridgehead atoms. The van der Waals surface area contributed by atoms with E-state index < -0.39 is 0 Å². The minimum atomic E-state index is 0.253. The minimum Gasteiger partial charge on any atom is -0.452 e. The van der Waals surface area contributed by atoms with Gasteiger partial charge in [0.25, 0.3) is 0 Å². The summed E-state index contributed by atoms with van der Waals surface area (Å²) >= 11 is 10.3. The predicted octanol–water partition coefficient (Wildman–Crippen LogP) is 5.42. The SMILES string of the molecule is CC(NCc1cc(Br)c(Br)o1)c1ccccc1Br. The fourth-order valence-corrected chi connectivity index (χ4v) is 2.96. The first-order chi connectivity index (χ1) is 8.58. The fraction of sp³-hybridized carbons (Fsp3) is 0.231. The summed E-state index contributed by atoms with van der Waals surface area (Å²) in [5, 5.41) is 3.43. The molecule has 18 heavy (non-hydrogen) atoms. The molecular weight excluding hydrogens is 426 g/mol.